The fourth-order valence-corrected chi connectivity index (χ4v) is 4.19. The first kappa shape index (κ1) is 16.7. The molecule has 2 aliphatic rings. The van der Waals surface area contributed by atoms with Crippen molar-refractivity contribution in [3.63, 3.8) is 0 Å². The lowest BCUT2D eigenvalue weighted by molar-refractivity contribution is 0.00771. The number of morpholine rings is 1. The summed E-state index contributed by atoms with van der Waals surface area (Å²) in [6.45, 7) is 5.84. The molecular weight excluding hydrogens is 314 g/mol. The summed E-state index contributed by atoms with van der Waals surface area (Å²) in [5.41, 5.74) is 1.32. The molecule has 0 spiro atoms. The molecule has 0 N–H and O–H groups in total. The maximum Gasteiger partial charge on any atom is 0.122 e. The van der Waals surface area contributed by atoms with E-state index >= 15 is 0 Å². The average Bonchev–Trinajstić information content (AvgIpc) is 3.24. The van der Waals surface area contributed by atoms with Crippen LogP contribution in [0.5, 0.6) is 0 Å². The van der Waals surface area contributed by atoms with E-state index in [0.29, 0.717) is 12.1 Å². The SMILES string of the molecule is Cn1ccnc1CN1CC[C@@H](N2CCOCC2)[C@@H]1Cc1cccnc1. The molecule has 25 heavy (non-hydrogen) atoms. The Morgan fingerprint density at radius 2 is 2.08 bits per heavy atom. The van der Waals surface area contributed by atoms with E-state index in [1.807, 2.05) is 30.9 Å². The normalized spacial score (nSPS) is 25.5. The number of ether oxygens (including phenoxy) is 1. The summed E-state index contributed by atoms with van der Waals surface area (Å²) >= 11 is 0. The van der Waals surface area contributed by atoms with Crippen LogP contribution in [-0.2, 0) is 24.8 Å². The van der Waals surface area contributed by atoms with Gasteiger partial charge >= 0.3 is 0 Å². The summed E-state index contributed by atoms with van der Waals surface area (Å²) < 4.78 is 7.69. The Kier molecular flexibility index (Phi) is 5.10. The second kappa shape index (κ2) is 7.64. The first-order valence-corrected chi connectivity index (χ1v) is 9.22. The second-order valence-electron chi connectivity index (χ2n) is 7.06. The van der Waals surface area contributed by atoms with Gasteiger partial charge in [0.25, 0.3) is 0 Å². The third-order valence-electron chi connectivity index (χ3n) is 5.57. The standard InChI is InChI=1S/C19H27N5O/c1-22-8-6-21-19(22)15-24-7-4-17(23-9-11-25-12-10-23)18(24)13-16-3-2-5-20-14-16/h2-3,5-6,8,14,17-18H,4,7,9-13,15H2,1H3/t17-,18+/m1/s1. The molecule has 2 fully saturated rings. The Morgan fingerprint density at radius 3 is 2.80 bits per heavy atom. The highest BCUT2D eigenvalue weighted by Crippen LogP contribution is 2.28. The molecule has 6 heteroatoms. The van der Waals surface area contributed by atoms with Crippen molar-refractivity contribution < 1.29 is 4.74 Å². The molecule has 0 aliphatic carbocycles. The second-order valence-corrected chi connectivity index (χ2v) is 7.06. The summed E-state index contributed by atoms with van der Waals surface area (Å²) in [5, 5.41) is 0. The van der Waals surface area contributed by atoms with E-state index in [4.69, 9.17) is 4.74 Å². The van der Waals surface area contributed by atoms with E-state index in [2.05, 4.69) is 37.4 Å². The highest BCUT2D eigenvalue weighted by atomic mass is 16.5. The van der Waals surface area contributed by atoms with Crippen LogP contribution in [0, 0.1) is 0 Å². The van der Waals surface area contributed by atoms with Crippen LogP contribution in [0.4, 0.5) is 0 Å². The number of aryl methyl sites for hydroxylation is 1. The maximum absolute atomic E-state index is 5.56. The van der Waals surface area contributed by atoms with E-state index < -0.39 is 0 Å². The Morgan fingerprint density at radius 1 is 1.20 bits per heavy atom. The lowest BCUT2D eigenvalue weighted by Crippen LogP contribution is -2.50. The first-order chi connectivity index (χ1) is 12.3. The molecule has 4 rings (SSSR count). The molecule has 2 aliphatic heterocycles. The minimum absolute atomic E-state index is 0.499. The lowest BCUT2D eigenvalue weighted by Gasteiger charge is -2.37. The smallest absolute Gasteiger partial charge is 0.122 e. The van der Waals surface area contributed by atoms with Crippen LogP contribution in [-0.4, -0.2) is 69.3 Å². The number of hydrogen-bond acceptors (Lipinski definition) is 5. The van der Waals surface area contributed by atoms with Crippen molar-refractivity contribution in [1.82, 2.24) is 24.3 Å². The average molecular weight is 341 g/mol. The van der Waals surface area contributed by atoms with Crippen LogP contribution in [0.15, 0.2) is 36.9 Å². The van der Waals surface area contributed by atoms with Crippen LogP contribution in [0.2, 0.25) is 0 Å². The molecule has 0 aromatic carbocycles. The topological polar surface area (TPSA) is 46.4 Å². The van der Waals surface area contributed by atoms with Gasteiger partial charge in [0.15, 0.2) is 0 Å². The van der Waals surface area contributed by atoms with Gasteiger partial charge < -0.3 is 9.30 Å². The predicted octanol–water partition coefficient (Wildman–Crippen LogP) is 1.33. The van der Waals surface area contributed by atoms with E-state index in [-0.39, 0.29) is 0 Å². The van der Waals surface area contributed by atoms with Gasteiger partial charge in [0.1, 0.15) is 5.82 Å². The monoisotopic (exact) mass is 341 g/mol. The van der Waals surface area contributed by atoms with Crippen LogP contribution < -0.4 is 0 Å². The van der Waals surface area contributed by atoms with Gasteiger partial charge in [-0.25, -0.2) is 4.98 Å². The molecule has 0 radical (unpaired) electrons. The molecule has 0 unspecified atom stereocenters. The zero-order chi connectivity index (χ0) is 17.1. The van der Waals surface area contributed by atoms with Crippen LogP contribution in [0.1, 0.15) is 17.8 Å². The van der Waals surface area contributed by atoms with E-state index in [1.165, 1.54) is 12.0 Å². The molecule has 2 atom stereocenters. The quantitative estimate of drug-likeness (QED) is 0.821. The van der Waals surface area contributed by atoms with Gasteiger partial charge in [-0.15, -0.1) is 0 Å². The van der Waals surface area contributed by atoms with Crippen LogP contribution in [0.25, 0.3) is 0 Å². The summed E-state index contributed by atoms with van der Waals surface area (Å²) in [5.74, 6) is 1.14. The van der Waals surface area contributed by atoms with Crippen molar-refractivity contribution >= 4 is 0 Å². The number of likely N-dealkylation sites (tertiary alicyclic amines) is 1. The minimum Gasteiger partial charge on any atom is -0.379 e. The number of imidazole rings is 1. The summed E-state index contributed by atoms with van der Waals surface area (Å²) in [4.78, 5) is 14.1. The molecule has 6 nitrogen and oxygen atoms in total. The van der Waals surface area contributed by atoms with Crippen molar-refractivity contribution in [2.45, 2.75) is 31.5 Å². The Labute approximate surface area is 149 Å². The van der Waals surface area contributed by atoms with Crippen molar-refractivity contribution in [3.05, 3.63) is 48.3 Å². The number of rotatable bonds is 5. The number of hydrogen-bond donors (Lipinski definition) is 0. The molecule has 0 bridgehead atoms. The number of pyridine rings is 1. The van der Waals surface area contributed by atoms with Crippen molar-refractivity contribution in [1.29, 1.82) is 0 Å². The summed E-state index contributed by atoms with van der Waals surface area (Å²) in [7, 11) is 2.08. The van der Waals surface area contributed by atoms with Gasteiger partial charge in [-0.1, -0.05) is 6.07 Å². The Bertz CT molecular complexity index is 667. The van der Waals surface area contributed by atoms with Gasteiger partial charge in [0.2, 0.25) is 0 Å². The molecular formula is C19H27N5O. The fourth-order valence-electron chi connectivity index (χ4n) is 4.19. The zero-order valence-corrected chi connectivity index (χ0v) is 14.9. The molecule has 2 saturated heterocycles. The molecule has 0 saturated carbocycles. The third-order valence-corrected chi connectivity index (χ3v) is 5.57. The third kappa shape index (κ3) is 3.76. The van der Waals surface area contributed by atoms with Gasteiger partial charge in [-0.05, 0) is 24.5 Å². The molecule has 0 amide bonds. The largest absolute Gasteiger partial charge is 0.379 e. The van der Waals surface area contributed by atoms with E-state index in [0.717, 1.165) is 51.6 Å². The van der Waals surface area contributed by atoms with Crippen LogP contribution in [0.3, 0.4) is 0 Å². The van der Waals surface area contributed by atoms with Crippen LogP contribution >= 0.6 is 0 Å². The fraction of sp³-hybridized carbons (Fsp3) is 0.579. The van der Waals surface area contributed by atoms with Gasteiger partial charge in [-0.3, -0.25) is 14.8 Å². The van der Waals surface area contributed by atoms with Gasteiger partial charge in [0, 0.05) is 63.6 Å². The number of aromatic nitrogens is 3. The molecule has 2 aromatic heterocycles. The predicted molar refractivity (Wildman–Crippen MR) is 96.1 cm³/mol. The molecule has 2 aromatic rings. The highest BCUT2D eigenvalue weighted by molar-refractivity contribution is 5.13. The first-order valence-electron chi connectivity index (χ1n) is 9.22. The summed E-state index contributed by atoms with van der Waals surface area (Å²) in [6.07, 6.45) is 10.0. The van der Waals surface area contributed by atoms with Crippen molar-refractivity contribution in [3.8, 4) is 0 Å². The van der Waals surface area contributed by atoms with Crippen molar-refractivity contribution in [2.24, 2.45) is 7.05 Å². The minimum atomic E-state index is 0.499. The maximum atomic E-state index is 5.56. The summed E-state index contributed by atoms with van der Waals surface area (Å²) in [6, 6.07) is 5.32. The van der Waals surface area contributed by atoms with Crippen molar-refractivity contribution in [2.75, 3.05) is 32.8 Å². The highest BCUT2D eigenvalue weighted by Gasteiger charge is 2.38. The zero-order valence-electron chi connectivity index (χ0n) is 14.9. The Balaban J connectivity index is 1.53. The van der Waals surface area contributed by atoms with E-state index in [9.17, 15) is 0 Å². The van der Waals surface area contributed by atoms with E-state index in [1.54, 1.807) is 0 Å². The molecule has 4 heterocycles. The lowest BCUT2D eigenvalue weighted by atomic mass is 9.99. The van der Waals surface area contributed by atoms with Gasteiger partial charge in [0.05, 0.1) is 19.8 Å². The molecule has 134 valence electrons. The van der Waals surface area contributed by atoms with Gasteiger partial charge in [-0.2, -0.15) is 0 Å². The Hall–Kier alpha value is -1.76. The number of nitrogens with zero attached hydrogens (tertiary/aromatic N) is 5.